The molecule has 0 amide bonds. The van der Waals surface area contributed by atoms with Crippen molar-refractivity contribution in [3.05, 3.63) is 72.3 Å². The third-order valence-electron chi connectivity index (χ3n) is 6.03. The second-order valence-corrected chi connectivity index (χ2v) is 7.70. The van der Waals surface area contributed by atoms with Gasteiger partial charge in [-0.2, -0.15) is 0 Å². The van der Waals surface area contributed by atoms with Gasteiger partial charge in [0, 0.05) is 36.8 Å². The van der Waals surface area contributed by atoms with E-state index in [9.17, 15) is 0 Å². The second kappa shape index (κ2) is 7.98. The molecule has 0 bridgehead atoms. The molecule has 30 heavy (non-hydrogen) atoms. The fourth-order valence-corrected chi connectivity index (χ4v) is 4.54. The zero-order valence-corrected chi connectivity index (χ0v) is 17.4. The monoisotopic (exact) mass is 398 g/mol. The molecule has 4 nitrogen and oxygen atoms in total. The molecule has 0 spiro atoms. The van der Waals surface area contributed by atoms with E-state index in [2.05, 4.69) is 71.3 Å². The van der Waals surface area contributed by atoms with Crippen molar-refractivity contribution in [2.45, 2.75) is 6.04 Å². The predicted octanol–water partition coefficient (Wildman–Crippen LogP) is 4.91. The lowest BCUT2D eigenvalue weighted by Gasteiger charge is -2.25. The topological polar surface area (TPSA) is 42.5 Å². The number of ether oxygens (including phenoxy) is 2. The number of rotatable bonds is 4. The molecule has 4 aromatic carbocycles. The van der Waals surface area contributed by atoms with Gasteiger partial charge in [0.15, 0.2) is 0 Å². The van der Waals surface area contributed by atoms with Crippen LogP contribution in [0.15, 0.2) is 66.7 Å². The molecule has 152 valence electrons. The Morgan fingerprint density at radius 2 is 1.43 bits per heavy atom. The molecule has 0 aromatic heterocycles. The molecule has 0 unspecified atom stereocenters. The van der Waals surface area contributed by atoms with Crippen molar-refractivity contribution in [3.8, 4) is 22.6 Å². The summed E-state index contributed by atoms with van der Waals surface area (Å²) in [5, 5.41) is 11.8. The molecule has 0 radical (unpaired) electrons. The van der Waals surface area contributed by atoms with Gasteiger partial charge >= 0.3 is 0 Å². The minimum Gasteiger partial charge on any atom is -0.496 e. The van der Waals surface area contributed by atoms with E-state index in [4.69, 9.17) is 9.47 Å². The predicted molar refractivity (Wildman–Crippen MR) is 124 cm³/mol. The van der Waals surface area contributed by atoms with Crippen LogP contribution in [0.1, 0.15) is 11.6 Å². The van der Waals surface area contributed by atoms with Crippen molar-refractivity contribution in [2.75, 3.05) is 33.9 Å². The van der Waals surface area contributed by atoms with Crippen LogP contribution in [-0.4, -0.2) is 33.9 Å². The van der Waals surface area contributed by atoms with Gasteiger partial charge in [0.2, 0.25) is 0 Å². The Kier molecular flexibility index (Phi) is 5.03. The molecule has 1 saturated heterocycles. The molecule has 5 rings (SSSR count). The van der Waals surface area contributed by atoms with E-state index >= 15 is 0 Å². The normalized spacial score (nSPS) is 16.7. The van der Waals surface area contributed by atoms with E-state index in [1.54, 1.807) is 14.2 Å². The highest BCUT2D eigenvalue weighted by atomic mass is 16.5. The summed E-state index contributed by atoms with van der Waals surface area (Å²) >= 11 is 0. The molecule has 1 aliphatic heterocycles. The lowest BCUT2D eigenvalue weighted by molar-refractivity contribution is 0.411. The van der Waals surface area contributed by atoms with Crippen LogP contribution in [0, 0.1) is 0 Å². The van der Waals surface area contributed by atoms with Gasteiger partial charge in [-0.1, -0.05) is 48.5 Å². The van der Waals surface area contributed by atoms with Gasteiger partial charge in [-0.05, 0) is 45.3 Å². The third-order valence-corrected chi connectivity index (χ3v) is 6.03. The van der Waals surface area contributed by atoms with Crippen LogP contribution in [0.4, 0.5) is 0 Å². The van der Waals surface area contributed by atoms with Crippen molar-refractivity contribution in [1.29, 1.82) is 0 Å². The minimum atomic E-state index is 0.334. The van der Waals surface area contributed by atoms with E-state index in [0.29, 0.717) is 6.04 Å². The molecule has 1 atom stereocenters. The Labute approximate surface area is 176 Å². The molecule has 0 aliphatic carbocycles. The van der Waals surface area contributed by atoms with Crippen molar-refractivity contribution in [3.63, 3.8) is 0 Å². The maximum absolute atomic E-state index is 5.82. The number of benzene rings is 4. The van der Waals surface area contributed by atoms with Crippen LogP contribution in [0.5, 0.6) is 11.5 Å². The molecular weight excluding hydrogens is 372 g/mol. The highest BCUT2D eigenvalue weighted by molar-refractivity contribution is 6.09. The lowest BCUT2D eigenvalue weighted by atomic mass is 9.91. The number of methoxy groups -OCH3 is 2. The number of piperazine rings is 1. The summed E-state index contributed by atoms with van der Waals surface area (Å²) in [7, 11) is 3.46. The number of hydrogen-bond acceptors (Lipinski definition) is 4. The van der Waals surface area contributed by atoms with E-state index in [0.717, 1.165) is 53.0 Å². The summed E-state index contributed by atoms with van der Waals surface area (Å²) in [6.45, 7) is 2.96. The van der Waals surface area contributed by atoms with Crippen LogP contribution in [0.25, 0.3) is 32.7 Å². The summed E-state index contributed by atoms with van der Waals surface area (Å²) in [5.74, 6) is 1.70. The standard InChI is InChI=1S/C26H26N2O2/c1-29-23-11-8-17-5-3-4-6-20(17)25(23)26-21-10-7-19(22-16-27-13-14-28-22)15-18(21)9-12-24(26)30-2/h3-12,15,22,27-28H,13-14,16H2,1-2H3/t22-/m1/s1. The van der Waals surface area contributed by atoms with Crippen LogP contribution in [-0.2, 0) is 0 Å². The quantitative estimate of drug-likeness (QED) is 0.513. The van der Waals surface area contributed by atoms with Gasteiger partial charge in [0.05, 0.1) is 14.2 Å². The third kappa shape index (κ3) is 3.18. The largest absolute Gasteiger partial charge is 0.496 e. The molecular formula is C26H26N2O2. The summed E-state index contributed by atoms with van der Waals surface area (Å²) in [5.41, 5.74) is 3.45. The second-order valence-electron chi connectivity index (χ2n) is 7.70. The summed E-state index contributed by atoms with van der Waals surface area (Å²) in [6.07, 6.45) is 0. The molecule has 4 aromatic rings. The van der Waals surface area contributed by atoms with Crippen LogP contribution >= 0.6 is 0 Å². The molecule has 0 saturated carbocycles. The molecule has 1 heterocycles. The van der Waals surface area contributed by atoms with Crippen LogP contribution in [0.3, 0.4) is 0 Å². The lowest BCUT2D eigenvalue weighted by Crippen LogP contribution is -2.42. The van der Waals surface area contributed by atoms with E-state index < -0.39 is 0 Å². The van der Waals surface area contributed by atoms with Gasteiger partial charge in [0.25, 0.3) is 0 Å². The van der Waals surface area contributed by atoms with Gasteiger partial charge in [-0.15, -0.1) is 0 Å². The zero-order chi connectivity index (χ0) is 20.5. The number of nitrogens with one attached hydrogen (secondary N) is 2. The van der Waals surface area contributed by atoms with E-state index in [1.807, 2.05) is 6.07 Å². The molecule has 1 fully saturated rings. The number of hydrogen-bond donors (Lipinski definition) is 2. The first-order valence-electron chi connectivity index (χ1n) is 10.4. The summed E-state index contributed by atoms with van der Waals surface area (Å²) < 4.78 is 11.6. The fourth-order valence-electron chi connectivity index (χ4n) is 4.54. The van der Waals surface area contributed by atoms with Crippen LogP contribution in [0.2, 0.25) is 0 Å². The Morgan fingerprint density at radius 3 is 2.13 bits per heavy atom. The highest BCUT2D eigenvalue weighted by Crippen LogP contribution is 2.45. The van der Waals surface area contributed by atoms with Gasteiger partial charge in [-0.25, -0.2) is 0 Å². The first kappa shape index (κ1) is 18.9. The fraction of sp³-hybridized carbons (Fsp3) is 0.231. The van der Waals surface area contributed by atoms with E-state index in [-0.39, 0.29) is 0 Å². The van der Waals surface area contributed by atoms with Crippen LogP contribution < -0.4 is 20.1 Å². The Balaban J connectivity index is 1.77. The smallest absolute Gasteiger partial charge is 0.127 e. The minimum absolute atomic E-state index is 0.334. The summed E-state index contributed by atoms with van der Waals surface area (Å²) in [6, 6.07) is 23.9. The van der Waals surface area contributed by atoms with Crippen molar-refractivity contribution in [2.24, 2.45) is 0 Å². The van der Waals surface area contributed by atoms with Gasteiger partial charge < -0.3 is 20.1 Å². The SMILES string of the molecule is COc1ccc2ccccc2c1-c1c(OC)ccc2cc([C@H]3CNCCN3)ccc12. The molecule has 4 heteroatoms. The van der Waals surface area contributed by atoms with Crippen molar-refractivity contribution >= 4 is 21.5 Å². The Hall–Kier alpha value is -3.08. The van der Waals surface area contributed by atoms with Crippen molar-refractivity contribution in [1.82, 2.24) is 10.6 Å². The Morgan fingerprint density at radius 1 is 0.733 bits per heavy atom. The maximum atomic E-state index is 5.82. The average Bonchev–Trinajstić information content (AvgIpc) is 2.82. The zero-order valence-electron chi connectivity index (χ0n) is 17.4. The average molecular weight is 399 g/mol. The molecule has 2 N–H and O–H groups in total. The van der Waals surface area contributed by atoms with Crippen molar-refractivity contribution < 1.29 is 9.47 Å². The first-order valence-corrected chi connectivity index (χ1v) is 10.4. The molecule has 1 aliphatic rings. The maximum Gasteiger partial charge on any atom is 0.127 e. The van der Waals surface area contributed by atoms with Gasteiger partial charge in [-0.3, -0.25) is 0 Å². The Bertz CT molecular complexity index is 1210. The van der Waals surface area contributed by atoms with E-state index in [1.165, 1.54) is 16.3 Å². The number of fused-ring (bicyclic) bond motifs is 2. The first-order chi connectivity index (χ1) is 14.8. The van der Waals surface area contributed by atoms with Gasteiger partial charge in [0.1, 0.15) is 11.5 Å². The highest BCUT2D eigenvalue weighted by Gasteiger charge is 2.20. The summed E-state index contributed by atoms with van der Waals surface area (Å²) in [4.78, 5) is 0.